The van der Waals surface area contributed by atoms with Crippen molar-refractivity contribution >= 4 is 75.7 Å². The maximum atomic E-state index is 12.8. The van der Waals surface area contributed by atoms with E-state index in [0.717, 1.165) is 0 Å². The number of carbonyl (C=O) groups is 2. The van der Waals surface area contributed by atoms with Gasteiger partial charge in [0.05, 0.1) is 38.1 Å². The van der Waals surface area contributed by atoms with Crippen LogP contribution in [0.3, 0.4) is 0 Å². The number of nitrogens with one attached hydrogen (secondary N) is 2. The molecule has 12 heteroatoms. The lowest BCUT2D eigenvalue weighted by atomic mass is 10.0. The second-order valence-electron chi connectivity index (χ2n) is 7.66. The predicted molar refractivity (Wildman–Crippen MR) is 138 cm³/mol. The Balaban J connectivity index is 1.69. The van der Waals surface area contributed by atoms with Crippen LogP contribution < -0.4 is 10.6 Å². The summed E-state index contributed by atoms with van der Waals surface area (Å²) >= 11 is 25.5. The lowest BCUT2D eigenvalue weighted by molar-refractivity contribution is -0.113. The van der Waals surface area contributed by atoms with Gasteiger partial charge in [-0.3, -0.25) is 9.59 Å². The molecule has 0 aliphatic rings. The topological polar surface area (TPSA) is 88.9 Å². The highest BCUT2D eigenvalue weighted by atomic mass is 35.5. The monoisotopic (exact) mass is 559 g/mol. The zero-order chi connectivity index (χ0) is 25.0. The van der Waals surface area contributed by atoms with E-state index in [1.54, 1.807) is 35.9 Å². The molecule has 34 heavy (non-hydrogen) atoms. The zero-order valence-corrected chi connectivity index (χ0v) is 22.2. The minimum Gasteiger partial charge on any atom is -0.342 e. The zero-order valence-electron chi connectivity index (χ0n) is 18.4. The molecule has 3 aromatic rings. The number of carbonyl (C=O) groups excluding carboxylic acids is 2. The number of nitrogens with zero attached hydrogens (tertiary/aromatic N) is 3. The molecular weight excluding hydrogens is 540 g/mol. The minimum absolute atomic E-state index is 0.0182. The Morgan fingerprint density at radius 3 is 2.29 bits per heavy atom. The van der Waals surface area contributed by atoms with E-state index in [2.05, 4.69) is 20.8 Å². The van der Waals surface area contributed by atoms with Crippen LogP contribution >= 0.6 is 58.2 Å². The average molecular weight is 561 g/mol. The van der Waals surface area contributed by atoms with E-state index < -0.39 is 6.04 Å². The lowest BCUT2D eigenvalue weighted by Crippen LogP contribution is -2.33. The smallest absolute Gasteiger partial charge is 0.253 e. The van der Waals surface area contributed by atoms with Crippen LogP contribution in [-0.2, 0) is 11.8 Å². The highest BCUT2D eigenvalue weighted by molar-refractivity contribution is 7.99. The van der Waals surface area contributed by atoms with Gasteiger partial charge < -0.3 is 15.2 Å². The van der Waals surface area contributed by atoms with Crippen LogP contribution in [0.1, 0.15) is 36.1 Å². The molecule has 2 N–H and O–H groups in total. The maximum Gasteiger partial charge on any atom is 0.253 e. The highest BCUT2D eigenvalue weighted by Gasteiger charge is 2.26. The number of hydrogen-bond acceptors (Lipinski definition) is 5. The summed E-state index contributed by atoms with van der Waals surface area (Å²) in [7, 11) is 1.78. The van der Waals surface area contributed by atoms with Gasteiger partial charge in [-0.2, -0.15) is 0 Å². The van der Waals surface area contributed by atoms with Crippen LogP contribution in [0.15, 0.2) is 41.6 Å². The fraction of sp³-hybridized carbons (Fsp3) is 0.273. The first-order valence-corrected chi connectivity index (χ1v) is 12.6. The van der Waals surface area contributed by atoms with Gasteiger partial charge in [-0.15, -0.1) is 10.2 Å². The van der Waals surface area contributed by atoms with Crippen LogP contribution in [-0.4, -0.2) is 32.3 Å². The Bertz CT molecular complexity index is 1190. The van der Waals surface area contributed by atoms with Crippen molar-refractivity contribution in [3.05, 3.63) is 67.9 Å². The molecule has 0 unspecified atom stereocenters. The summed E-state index contributed by atoms with van der Waals surface area (Å²) in [5.41, 5.74) is 0.668. The van der Waals surface area contributed by atoms with Gasteiger partial charge in [-0.25, -0.2) is 0 Å². The first-order valence-electron chi connectivity index (χ1n) is 10.1. The molecule has 0 saturated carbocycles. The quantitative estimate of drug-likeness (QED) is 0.316. The van der Waals surface area contributed by atoms with Gasteiger partial charge in [0.2, 0.25) is 5.91 Å². The number of halogens is 4. The first kappa shape index (κ1) is 26.6. The summed E-state index contributed by atoms with van der Waals surface area (Å²) in [5, 5.41) is 15.8. The Labute approximate surface area is 221 Å². The Morgan fingerprint density at radius 2 is 1.68 bits per heavy atom. The molecule has 0 bridgehead atoms. The van der Waals surface area contributed by atoms with Crippen molar-refractivity contribution in [1.82, 2.24) is 20.1 Å². The maximum absolute atomic E-state index is 12.8. The third kappa shape index (κ3) is 6.37. The Kier molecular flexibility index (Phi) is 9.12. The number of hydrogen-bond donors (Lipinski definition) is 2. The fourth-order valence-corrected chi connectivity index (χ4v) is 4.93. The third-order valence-corrected chi connectivity index (χ3v) is 6.99. The molecule has 0 radical (unpaired) electrons. The van der Waals surface area contributed by atoms with Gasteiger partial charge in [0, 0.05) is 12.1 Å². The molecule has 0 saturated heterocycles. The summed E-state index contributed by atoms with van der Waals surface area (Å²) < 4.78 is 1.75. The van der Waals surface area contributed by atoms with Crippen molar-refractivity contribution in [2.45, 2.75) is 25.0 Å². The van der Waals surface area contributed by atoms with Gasteiger partial charge in [0.15, 0.2) is 11.0 Å². The predicted octanol–water partition coefficient (Wildman–Crippen LogP) is 6.29. The van der Waals surface area contributed by atoms with Crippen LogP contribution in [0.4, 0.5) is 5.69 Å². The van der Waals surface area contributed by atoms with E-state index in [0.29, 0.717) is 32.3 Å². The number of anilines is 1. The van der Waals surface area contributed by atoms with Crippen LogP contribution in [0.25, 0.3) is 0 Å². The molecule has 2 amide bonds. The van der Waals surface area contributed by atoms with Gasteiger partial charge in [0.25, 0.3) is 5.91 Å². The second kappa shape index (κ2) is 11.6. The summed E-state index contributed by atoms with van der Waals surface area (Å²) in [6.07, 6.45) is 0. The molecule has 0 fully saturated rings. The summed E-state index contributed by atoms with van der Waals surface area (Å²) in [4.78, 5) is 25.3. The van der Waals surface area contributed by atoms with E-state index in [1.165, 1.54) is 23.9 Å². The van der Waals surface area contributed by atoms with Crippen molar-refractivity contribution in [1.29, 1.82) is 0 Å². The number of thioether (sulfide) groups is 1. The number of benzene rings is 2. The van der Waals surface area contributed by atoms with E-state index in [9.17, 15) is 9.59 Å². The lowest BCUT2D eigenvalue weighted by Gasteiger charge is -2.22. The largest absolute Gasteiger partial charge is 0.342 e. The third-order valence-electron chi connectivity index (χ3n) is 4.82. The van der Waals surface area contributed by atoms with Gasteiger partial charge in [0.1, 0.15) is 0 Å². The fourth-order valence-electron chi connectivity index (χ4n) is 3.08. The average Bonchev–Trinajstić information content (AvgIpc) is 3.13. The van der Waals surface area contributed by atoms with Crippen molar-refractivity contribution < 1.29 is 9.59 Å². The Hall–Kier alpha value is -1.97. The molecule has 0 aliphatic carbocycles. The molecule has 2 aromatic carbocycles. The molecular formula is C22H21Cl4N5O2S. The van der Waals surface area contributed by atoms with Crippen molar-refractivity contribution in [3.8, 4) is 0 Å². The Morgan fingerprint density at radius 1 is 1.03 bits per heavy atom. The second-order valence-corrected chi connectivity index (χ2v) is 10.3. The molecule has 0 aliphatic heterocycles. The molecule has 1 atom stereocenters. The normalized spacial score (nSPS) is 12.0. The van der Waals surface area contributed by atoms with E-state index >= 15 is 0 Å². The van der Waals surface area contributed by atoms with Crippen molar-refractivity contribution in [3.63, 3.8) is 0 Å². The molecule has 1 aromatic heterocycles. The molecule has 3 rings (SSSR count). The molecule has 7 nitrogen and oxygen atoms in total. The minimum atomic E-state index is -0.420. The SMILES string of the molecule is CC(C)[C@H](NC(=O)c1ccccc1Cl)c1nnc(SCC(=O)Nc2c(Cl)cc(Cl)cc2Cl)n1C. The van der Waals surface area contributed by atoms with Crippen molar-refractivity contribution in [2.75, 3.05) is 11.1 Å². The number of aromatic nitrogens is 3. The molecule has 0 spiro atoms. The summed E-state index contributed by atoms with van der Waals surface area (Å²) in [5.74, 6) is -0.0166. The summed E-state index contributed by atoms with van der Waals surface area (Å²) in [6.45, 7) is 3.93. The van der Waals surface area contributed by atoms with E-state index in [-0.39, 0.29) is 33.5 Å². The molecule has 180 valence electrons. The van der Waals surface area contributed by atoms with Crippen LogP contribution in [0.2, 0.25) is 20.1 Å². The van der Waals surface area contributed by atoms with Crippen LogP contribution in [0.5, 0.6) is 0 Å². The van der Waals surface area contributed by atoms with Gasteiger partial charge >= 0.3 is 0 Å². The standard InChI is InChI=1S/C22H21Cl4N5O2S/c1-11(2)18(28-21(33)13-6-4-5-7-14(13)24)20-29-30-22(31(20)3)34-10-17(32)27-19-15(25)8-12(23)9-16(19)26/h4-9,11,18H,10H2,1-3H3,(H,27,32)(H,28,33)/t18-/m0/s1. The first-order chi connectivity index (χ1) is 16.1. The van der Waals surface area contributed by atoms with Crippen molar-refractivity contribution in [2.24, 2.45) is 13.0 Å². The number of amides is 2. The van der Waals surface area contributed by atoms with E-state index in [4.69, 9.17) is 46.4 Å². The number of rotatable bonds is 8. The van der Waals surface area contributed by atoms with E-state index in [1.807, 2.05) is 13.8 Å². The highest BCUT2D eigenvalue weighted by Crippen LogP contribution is 2.34. The van der Waals surface area contributed by atoms with Gasteiger partial charge in [-0.1, -0.05) is 84.1 Å². The molecule has 1 heterocycles. The van der Waals surface area contributed by atoms with Gasteiger partial charge in [-0.05, 0) is 30.2 Å². The summed E-state index contributed by atoms with van der Waals surface area (Å²) in [6, 6.07) is 9.40. The van der Waals surface area contributed by atoms with Crippen LogP contribution in [0, 0.1) is 5.92 Å².